The van der Waals surface area contributed by atoms with Gasteiger partial charge in [0.2, 0.25) is 5.78 Å². The van der Waals surface area contributed by atoms with E-state index in [0.29, 0.717) is 23.5 Å². The first-order valence-electron chi connectivity index (χ1n) is 14.6. The maximum absolute atomic E-state index is 14.1. The first kappa shape index (κ1) is 30.1. The van der Waals surface area contributed by atoms with Crippen molar-refractivity contribution in [3.63, 3.8) is 0 Å². The Labute approximate surface area is 245 Å². The molecule has 1 aromatic carbocycles. The second-order valence-corrected chi connectivity index (χ2v) is 12.9. The number of phenolic OH excluding ortho intramolecular Hbond substituents is 1. The van der Waals surface area contributed by atoms with E-state index < -0.39 is 58.0 Å². The number of fused-ring (bicyclic) bond motifs is 3. The molecule has 228 valence electrons. The average Bonchev–Trinajstić information content (AvgIpc) is 2.90. The highest BCUT2D eigenvalue weighted by atomic mass is 16.3. The van der Waals surface area contributed by atoms with Crippen LogP contribution in [0.3, 0.4) is 0 Å². The minimum Gasteiger partial charge on any atom is -0.508 e. The van der Waals surface area contributed by atoms with Crippen molar-refractivity contribution < 1.29 is 34.8 Å². The SMILES string of the molecule is CN1CCC(CCc2cc(N(C)C)c3c(c2O)C(O)=C2C(=O)[C@]4(O)C(O)=C(C(N)=O)C(=O)C(N(C)C)[C@@H]4C[C@@H]2C3)CC1. The number of carbonyl (C=O) groups is 3. The summed E-state index contributed by atoms with van der Waals surface area (Å²) in [6.07, 6.45) is 3.96. The zero-order valence-electron chi connectivity index (χ0n) is 25.0. The highest BCUT2D eigenvalue weighted by Gasteiger charge is 2.64. The Morgan fingerprint density at radius 3 is 2.33 bits per heavy atom. The van der Waals surface area contributed by atoms with Crippen molar-refractivity contribution >= 4 is 28.9 Å². The number of aryl methyl sites for hydroxylation is 1. The molecule has 5 rings (SSSR count). The Bertz CT molecular complexity index is 1410. The van der Waals surface area contributed by atoms with Gasteiger partial charge in [-0.25, -0.2) is 0 Å². The molecular weight excluding hydrogens is 540 g/mol. The standard InChI is InChI=1S/C31H42N4O7/c1-33(2)20-14-16(7-6-15-8-10-35(5)11-9-15)25(36)22-18(20)12-17-13-19-24(34(3)4)27(38)23(30(32)41)29(40)31(19,42)28(39)21(17)26(22)37/h14-15,17,19,24,36-37,40,42H,6-13H2,1-5H3,(H2,32,41)/t17-,19-,24?,31-/m0/s1. The van der Waals surface area contributed by atoms with Crippen molar-refractivity contribution in [1.82, 2.24) is 9.80 Å². The third-order valence-electron chi connectivity index (χ3n) is 9.92. The molecule has 42 heavy (non-hydrogen) atoms. The minimum atomic E-state index is -2.64. The zero-order valence-corrected chi connectivity index (χ0v) is 25.0. The number of ketones is 2. The third-order valence-corrected chi connectivity index (χ3v) is 9.92. The number of likely N-dealkylation sites (tertiary alicyclic amines) is 1. The molecule has 1 amide bonds. The fourth-order valence-electron chi connectivity index (χ4n) is 7.65. The van der Waals surface area contributed by atoms with Gasteiger partial charge in [-0.3, -0.25) is 19.3 Å². The van der Waals surface area contributed by atoms with Crippen LogP contribution in [0.2, 0.25) is 0 Å². The molecule has 4 atom stereocenters. The summed E-state index contributed by atoms with van der Waals surface area (Å²) in [7, 11) is 9.04. The predicted octanol–water partition coefficient (Wildman–Crippen LogP) is 1.30. The number of aromatic hydroxyl groups is 1. The molecular formula is C31H42N4O7. The molecule has 1 aliphatic heterocycles. The molecule has 1 heterocycles. The quantitative estimate of drug-likeness (QED) is 0.309. The van der Waals surface area contributed by atoms with Crippen molar-refractivity contribution in [2.24, 2.45) is 23.5 Å². The van der Waals surface area contributed by atoms with Gasteiger partial charge in [-0.2, -0.15) is 0 Å². The number of likely N-dealkylation sites (N-methyl/N-ethyl adjacent to an activating group) is 1. The predicted molar refractivity (Wildman–Crippen MR) is 157 cm³/mol. The van der Waals surface area contributed by atoms with Crippen molar-refractivity contribution in [1.29, 1.82) is 0 Å². The van der Waals surface area contributed by atoms with Gasteiger partial charge < -0.3 is 36.0 Å². The maximum Gasteiger partial charge on any atom is 0.255 e. The first-order valence-corrected chi connectivity index (χ1v) is 14.6. The number of aliphatic hydroxyl groups is 3. The Morgan fingerprint density at radius 2 is 1.76 bits per heavy atom. The van der Waals surface area contributed by atoms with Crippen LogP contribution in [-0.4, -0.2) is 108 Å². The lowest BCUT2D eigenvalue weighted by Crippen LogP contribution is -2.65. The number of nitrogens with two attached hydrogens (primary N) is 1. The fourth-order valence-corrected chi connectivity index (χ4v) is 7.65. The topological polar surface area (TPSA) is 168 Å². The molecule has 1 saturated carbocycles. The van der Waals surface area contributed by atoms with Crippen molar-refractivity contribution in [2.45, 2.75) is 50.2 Å². The van der Waals surface area contributed by atoms with E-state index in [4.69, 9.17) is 5.73 Å². The summed E-state index contributed by atoms with van der Waals surface area (Å²) >= 11 is 0. The smallest absolute Gasteiger partial charge is 0.255 e. The number of carbonyl (C=O) groups excluding carboxylic acids is 3. The summed E-state index contributed by atoms with van der Waals surface area (Å²) in [6.45, 7) is 2.06. The van der Waals surface area contributed by atoms with Gasteiger partial charge in [0, 0.05) is 31.3 Å². The number of phenols is 1. The number of rotatable bonds is 6. The number of hydrogen-bond donors (Lipinski definition) is 5. The normalized spacial score (nSPS) is 28.6. The summed E-state index contributed by atoms with van der Waals surface area (Å²) in [5.74, 6) is -5.81. The monoisotopic (exact) mass is 582 g/mol. The van der Waals surface area contributed by atoms with Crippen LogP contribution < -0.4 is 10.6 Å². The Hall–Kier alpha value is -3.41. The molecule has 11 nitrogen and oxygen atoms in total. The first-order chi connectivity index (χ1) is 19.7. The molecule has 0 spiro atoms. The summed E-state index contributed by atoms with van der Waals surface area (Å²) in [4.78, 5) is 45.3. The maximum atomic E-state index is 14.1. The van der Waals surface area contributed by atoms with Crippen LogP contribution in [-0.2, 0) is 27.2 Å². The molecule has 1 saturated heterocycles. The molecule has 4 aliphatic rings. The molecule has 1 unspecified atom stereocenters. The van der Waals surface area contributed by atoms with Crippen LogP contribution in [0.1, 0.15) is 42.4 Å². The molecule has 0 bridgehead atoms. The van der Waals surface area contributed by atoms with E-state index in [2.05, 4.69) is 11.9 Å². The van der Waals surface area contributed by atoms with E-state index >= 15 is 0 Å². The number of hydrogen-bond acceptors (Lipinski definition) is 10. The lowest BCUT2D eigenvalue weighted by Gasteiger charge is -2.50. The number of aliphatic hydroxyl groups excluding tert-OH is 2. The number of primary amides is 1. The van der Waals surface area contributed by atoms with Crippen LogP contribution in [0, 0.1) is 17.8 Å². The molecule has 3 aliphatic carbocycles. The van der Waals surface area contributed by atoms with Gasteiger partial charge in [-0.1, -0.05) is 0 Å². The summed E-state index contributed by atoms with van der Waals surface area (Å²) in [6, 6.07) is 0.842. The Kier molecular flexibility index (Phi) is 7.66. The second kappa shape index (κ2) is 10.7. The minimum absolute atomic E-state index is 0.0667. The molecule has 11 heteroatoms. The summed E-state index contributed by atoms with van der Waals surface area (Å²) in [5.41, 5.74) is 4.12. The lowest BCUT2D eigenvalue weighted by atomic mass is 9.57. The number of Topliss-reactive ketones (excluding diaryl/α,β-unsaturated/α-hetero) is 2. The van der Waals surface area contributed by atoms with Crippen molar-refractivity contribution in [3.8, 4) is 5.75 Å². The average molecular weight is 583 g/mol. The third kappa shape index (κ3) is 4.49. The van der Waals surface area contributed by atoms with Crippen LogP contribution in [0.25, 0.3) is 5.76 Å². The van der Waals surface area contributed by atoms with Crippen LogP contribution >= 0.6 is 0 Å². The van der Waals surface area contributed by atoms with E-state index in [9.17, 15) is 34.8 Å². The Balaban J connectivity index is 1.62. The number of anilines is 1. The van der Waals surface area contributed by atoms with Crippen molar-refractivity contribution in [3.05, 3.63) is 39.7 Å². The van der Waals surface area contributed by atoms with E-state index in [-0.39, 0.29) is 29.7 Å². The van der Waals surface area contributed by atoms with E-state index in [1.807, 2.05) is 25.1 Å². The van der Waals surface area contributed by atoms with Gasteiger partial charge in [0.25, 0.3) is 5.91 Å². The lowest BCUT2D eigenvalue weighted by molar-refractivity contribution is -0.153. The van der Waals surface area contributed by atoms with Crippen LogP contribution in [0.5, 0.6) is 5.75 Å². The van der Waals surface area contributed by atoms with Gasteiger partial charge in [-0.05, 0) is 102 Å². The summed E-state index contributed by atoms with van der Waals surface area (Å²) < 4.78 is 0. The zero-order chi connectivity index (χ0) is 30.8. The van der Waals surface area contributed by atoms with Gasteiger partial charge in [-0.15, -0.1) is 0 Å². The highest BCUT2D eigenvalue weighted by molar-refractivity contribution is 6.24. The van der Waals surface area contributed by atoms with Gasteiger partial charge in [0.1, 0.15) is 22.8 Å². The number of amides is 1. The van der Waals surface area contributed by atoms with Gasteiger partial charge in [0.15, 0.2) is 11.4 Å². The van der Waals surface area contributed by atoms with E-state index in [1.165, 1.54) is 4.90 Å². The number of benzene rings is 1. The van der Waals surface area contributed by atoms with Crippen LogP contribution in [0.15, 0.2) is 23.0 Å². The molecule has 6 N–H and O–H groups in total. The molecule has 0 aromatic heterocycles. The Morgan fingerprint density at radius 1 is 1.12 bits per heavy atom. The highest BCUT2D eigenvalue weighted by Crippen LogP contribution is 2.54. The van der Waals surface area contributed by atoms with E-state index in [1.54, 1.807) is 14.1 Å². The van der Waals surface area contributed by atoms with Crippen molar-refractivity contribution in [2.75, 3.05) is 53.2 Å². The number of nitrogens with zero attached hydrogens (tertiary/aromatic N) is 3. The van der Waals surface area contributed by atoms with Gasteiger partial charge >= 0.3 is 0 Å². The molecule has 1 aromatic rings. The largest absolute Gasteiger partial charge is 0.508 e. The summed E-state index contributed by atoms with van der Waals surface area (Å²) in [5, 5.41) is 46.1. The fraction of sp³-hybridized carbons (Fsp3) is 0.581. The second-order valence-electron chi connectivity index (χ2n) is 12.9. The molecule has 0 radical (unpaired) electrons. The van der Waals surface area contributed by atoms with Gasteiger partial charge in [0.05, 0.1) is 11.6 Å². The van der Waals surface area contributed by atoms with E-state index in [0.717, 1.165) is 38.0 Å². The number of piperidine rings is 1. The van der Waals surface area contributed by atoms with Crippen LogP contribution in [0.4, 0.5) is 5.69 Å². The molecule has 2 fully saturated rings.